The molecule has 2 aromatic rings. The van der Waals surface area contributed by atoms with Gasteiger partial charge in [-0.1, -0.05) is 18.2 Å². The van der Waals surface area contributed by atoms with Crippen molar-refractivity contribution < 1.29 is 14.3 Å². The molecule has 0 aliphatic rings. The van der Waals surface area contributed by atoms with Gasteiger partial charge in [0.1, 0.15) is 0 Å². The van der Waals surface area contributed by atoms with Crippen molar-refractivity contribution in [2.45, 2.75) is 40.7 Å². The fraction of sp³-hybridized carbons (Fsp3) is 0.368. The third kappa shape index (κ3) is 4.45. The van der Waals surface area contributed by atoms with Crippen molar-refractivity contribution in [2.75, 3.05) is 6.61 Å². The van der Waals surface area contributed by atoms with Crippen LogP contribution in [0.5, 0.6) is 0 Å². The number of hydrogen-bond acceptors (Lipinski definition) is 4. The fourth-order valence-electron chi connectivity index (χ4n) is 2.44. The van der Waals surface area contributed by atoms with Gasteiger partial charge in [-0.3, -0.25) is 4.79 Å². The van der Waals surface area contributed by atoms with E-state index in [4.69, 9.17) is 4.74 Å². The van der Waals surface area contributed by atoms with Crippen LogP contribution in [0.25, 0.3) is 0 Å². The first-order valence-electron chi connectivity index (χ1n) is 7.88. The second kappa shape index (κ2) is 7.62. The monoisotopic (exact) mass is 345 g/mol. The van der Waals surface area contributed by atoms with Gasteiger partial charge in [-0.2, -0.15) is 0 Å². The first-order chi connectivity index (χ1) is 11.3. The zero-order chi connectivity index (χ0) is 17.9. The maximum absolute atomic E-state index is 12.0. The van der Waals surface area contributed by atoms with E-state index in [1.54, 1.807) is 17.4 Å². The van der Waals surface area contributed by atoms with Crippen molar-refractivity contribution in [3.8, 4) is 0 Å². The molecule has 4 nitrogen and oxygen atoms in total. The summed E-state index contributed by atoms with van der Waals surface area (Å²) >= 11 is 1.54. The molecule has 0 saturated carbocycles. The number of carbonyl (C=O) groups excluding carboxylic acids is 2. The number of thiophene rings is 1. The molecule has 1 heterocycles. The molecule has 0 aliphatic carbocycles. The first-order valence-corrected chi connectivity index (χ1v) is 8.70. The lowest BCUT2D eigenvalue weighted by Gasteiger charge is -2.15. The maximum atomic E-state index is 12.0. The summed E-state index contributed by atoms with van der Waals surface area (Å²) in [5.41, 5.74) is 3.96. The van der Waals surface area contributed by atoms with Crippen LogP contribution >= 0.6 is 11.3 Å². The van der Waals surface area contributed by atoms with Gasteiger partial charge in [0.05, 0.1) is 11.6 Å². The van der Waals surface area contributed by atoms with Gasteiger partial charge >= 0.3 is 5.97 Å². The number of aryl methyl sites for hydroxylation is 4. The highest BCUT2D eigenvalue weighted by Crippen LogP contribution is 2.21. The highest BCUT2D eigenvalue weighted by Gasteiger charge is 2.16. The van der Waals surface area contributed by atoms with Crippen molar-refractivity contribution in [1.82, 2.24) is 5.32 Å². The molecule has 0 fully saturated rings. The van der Waals surface area contributed by atoms with Crippen LogP contribution in [-0.2, 0) is 9.53 Å². The summed E-state index contributed by atoms with van der Waals surface area (Å²) in [5, 5.41) is 2.86. The van der Waals surface area contributed by atoms with Crippen LogP contribution in [0.1, 0.15) is 49.8 Å². The van der Waals surface area contributed by atoms with Gasteiger partial charge in [-0.25, -0.2) is 4.79 Å². The van der Waals surface area contributed by atoms with Crippen LogP contribution in [0.3, 0.4) is 0 Å². The summed E-state index contributed by atoms with van der Waals surface area (Å²) in [5.74, 6) is -0.760. The SMILES string of the molecule is Cc1cc(C(=O)OCC(=O)N[C@@H](C)c2ccc(C)c(C)c2)c(C)s1. The number of esters is 1. The Bertz CT molecular complexity index is 764. The standard InChI is InChI=1S/C19H23NO3S/c1-11-6-7-16(8-12(11)2)14(4)20-18(21)10-23-19(22)17-9-13(3)24-15(17)5/h6-9,14H,10H2,1-5H3,(H,20,21)/t14-/m0/s1. The average molecular weight is 345 g/mol. The molecule has 0 saturated heterocycles. The van der Waals surface area contributed by atoms with Crippen LogP contribution in [0.15, 0.2) is 24.3 Å². The van der Waals surface area contributed by atoms with Crippen molar-refractivity contribution in [1.29, 1.82) is 0 Å². The minimum absolute atomic E-state index is 0.138. The molecule has 1 amide bonds. The molecule has 0 spiro atoms. The number of nitrogens with one attached hydrogen (secondary N) is 1. The highest BCUT2D eigenvalue weighted by atomic mass is 32.1. The second-order valence-electron chi connectivity index (χ2n) is 6.04. The molecule has 24 heavy (non-hydrogen) atoms. The molecule has 0 bridgehead atoms. The van der Waals surface area contributed by atoms with Crippen molar-refractivity contribution in [3.05, 3.63) is 56.3 Å². The Morgan fingerprint density at radius 3 is 2.42 bits per heavy atom. The van der Waals surface area contributed by atoms with Crippen LogP contribution in [0.4, 0.5) is 0 Å². The number of ether oxygens (including phenoxy) is 1. The molecule has 0 aliphatic heterocycles. The molecule has 2 rings (SSSR count). The molecule has 128 valence electrons. The van der Waals surface area contributed by atoms with Crippen LogP contribution in [-0.4, -0.2) is 18.5 Å². The summed E-state index contributed by atoms with van der Waals surface area (Å²) in [6.07, 6.45) is 0. The topological polar surface area (TPSA) is 55.4 Å². The van der Waals surface area contributed by atoms with Gasteiger partial charge in [0.25, 0.3) is 5.91 Å². The number of amides is 1. The summed E-state index contributed by atoms with van der Waals surface area (Å²) in [4.78, 5) is 26.0. The van der Waals surface area contributed by atoms with Crippen molar-refractivity contribution in [3.63, 3.8) is 0 Å². The Balaban J connectivity index is 1.89. The molecule has 0 radical (unpaired) electrons. The predicted molar refractivity (Wildman–Crippen MR) is 96.5 cm³/mol. The van der Waals surface area contributed by atoms with Gasteiger partial charge in [0, 0.05) is 9.75 Å². The zero-order valence-corrected chi connectivity index (χ0v) is 15.5. The van der Waals surface area contributed by atoms with Gasteiger partial charge in [-0.05, 0) is 57.4 Å². The first kappa shape index (κ1) is 18.2. The minimum atomic E-state index is -0.453. The third-order valence-electron chi connectivity index (χ3n) is 4.00. The summed E-state index contributed by atoms with van der Waals surface area (Å²) in [6, 6.07) is 7.74. The normalized spacial score (nSPS) is 11.9. The Hall–Kier alpha value is -2.14. The molecule has 1 atom stereocenters. The number of benzene rings is 1. The van der Waals surface area contributed by atoms with Crippen LogP contribution < -0.4 is 5.32 Å². The Labute approximate surface area is 146 Å². The van der Waals surface area contributed by atoms with E-state index in [0.29, 0.717) is 5.56 Å². The largest absolute Gasteiger partial charge is 0.452 e. The Morgan fingerprint density at radius 2 is 1.83 bits per heavy atom. The minimum Gasteiger partial charge on any atom is -0.452 e. The van der Waals surface area contributed by atoms with E-state index < -0.39 is 5.97 Å². The summed E-state index contributed by atoms with van der Waals surface area (Å²) in [7, 11) is 0. The third-order valence-corrected chi connectivity index (χ3v) is 4.97. The molecule has 1 N–H and O–H groups in total. The highest BCUT2D eigenvalue weighted by molar-refractivity contribution is 7.12. The Kier molecular flexibility index (Phi) is 5.78. The van der Waals surface area contributed by atoms with Gasteiger partial charge in [-0.15, -0.1) is 11.3 Å². The van der Waals surface area contributed by atoms with E-state index >= 15 is 0 Å². The summed E-state index contributed by atoms with van der Waals surface area (Å²) in [6.45, 7) is 9.54. The van der Waals surface area contributed by atoms with E-state index in [0.717, 1.165) is 15.3 Å². The zero-order valence-electron chi connectivity index (χ0n) is 14.7. The fourth-order valence-corrected chi connectivity index (χ4v) is 3.35. The van der Waals surface area contributed by atoms with E-state index in [1.165, 1.54) is 11.1 Å². The average Bonchev–Trinajstić information content (AvgIpc) is 2.86. The lowest BCUT2D eigenvalue weighted by molar-refractivity contribution is -0.124. The smallest absolute Gasteiger partial charge is 0.339 e. The van der Waals surface area contributed by atoms with E-state index in [2.05, 4.69) is 18.3 Å². The van der Waals surface area contributed by atoms with Crippen LogP contribution in [0.2, 0.25) is 0 Å². The number of hydrogen-bond donors (Lipinski definition) is 1. The quantitative estimate of drug-likeness (QED) is 0.833. The maximum Gasteiger partial charge on any atom is 0.339 e. The summed E-state index contributed by atoms with van der Waals surface area (Å²) < 4.78 is 5.12. The molecule has 1 aromatic heterocycles. The number of carbonyl (C=O) groups is 2. The van der Waals surface area contributed by atoms with Crippen molar-refractivity contribution in [2.24, 2.45) is 0 Å². The molecule has 0 unspecified atom stereocenters. The molecule has 1 aromatic carbocycles. The van der Waals surface area contributed by atoms with Gasteiger partial charge < -0.3 is 10.1 Å². The molecule has 5 heteroatoms. The van der Waals surface area contributed by atoms with Gasteiger partial charge in [0.2, 0.25) is 0 Å². The second-order valence-corrected chi connectivity index (χ2v) is 7.50. The lowest BCUT2D eigenvalue weighted by atomic mass is 10.0. The van der Waals surface area contributed by atoms with E-state index in [-0.39, 0.29) is 18.6 Å². The lowest BCUT2D eigenvalue weighted by Crippen LogP contribution is -2.31. The molecular weight excluding hydrogens is 322 g/mol. The predicted octanol–water partition coefficient (Wildman–Crippen LogP) is 4.02. The van der Waals surface area contributed by atoms with E-state index in [9.17, 15) is 9.59 Å². The van der Waals surface area contributed by atoms with Crippen molar-refractivity contribution >= 4 is 23.2 Å². The van der Waals surface area contributed by atoms with E-state index in [1.807, 2.05) is 39.8 Å². The Morgan fingerprint density at radius 1 is 1.12 bits per heavy atom. The van der Waals surface area contributed by atoms with Crippen LogP contribution in [0, 0.1) is 27.7 Å². The van der Waals surface area contributed by atoms with Gasteiger partial charge in [0.15, 0.2) is 6.61 Å². The number of rotatable bonds is 5. The molecular formula is C19H23NO3S.